The average Bonchev–Trinajstić information content (AvgIpc) is 2.83. The lowest BCUT2D eigenvalue weighted by molar-refractivity contribution is -0.144. The number of carbonyl (C=O) groups is 3. The number of primary amides is 1. The van der Waals surface area contributed by atoms with E-state index in [4.69, 9.17) is 17.3 Å². The third-order valence-electron chi connectivity index (χ3n) is 7.86. The molecule has 0 aromatic heterocycles. The Hall–Kier alpha value is -3.36. The molecule has 4 aliphatic rings. The van der Waals surface area contributed by atoms with Gasteiger partial charge in [-0.05, 0) is 73.3 Å². The summed E-state index contributed by atoms with van der Waals surface area (Å²) in [6.45, 7) is 0. The lowest BCUT2D eigenvalue weighted by atomic mass is 9.60. The number of ketones is 2. The summed E-state index contributed by atoms with van der Waals surface area (Å²) in [6.07, 6.45) is 7.88. The molecule has 188 valence electrons. The molecule has 36 heavy (non-hydrogen) atoms. The summed E-state index contributed by atoms with van der Waals surface area (Å²) in [5.74, 6) is -6.44. The van der Waals surface area contributed by atoms with Crippen molar-refractivity contribution in [2.45, 2.75) is 50.5 Å². The molecule has 0 saturated carbocycles. The van der Waals surface area contributed by atoms with Gasteiger partial charge in [0.1, 0.15) is 22.8 Å². The number of phenolic OH excluding ortho intramolecular Hbond substituents is 1. The minimum Gasteiger partial charge on any atom is -0.511 e. The van der Waals surface area contributed by atoms with Crippen LogP contribution in [0.25, 0.3) is 6.08 Å². The number of amides is 1. The second kappa shape index (κ2) is 8.64. The molecular weight excluding hydrogens is 486 g/mol. The van der Waals surface area contributed by atoms with Crippen LogP contribution in [0.5, 0.6) is 5.75 Å². The zero-order chi connectivity index (χ0) is 25.9. The average molecular weight is 512 g/mol. The molecule has 8 nitrogen and oxygen atoms in total. The van der Waals surface area contributed by atoms with Crippen molar-refractivity contribution in [3.63, 3.8) is 0 Å². The molecule has 6 N–H and O–H groups in total. The molecule has 0 fully saturated rings. The Labute approximate surface area is 212 Å². The second-order valence-electron chi connectivity index (χ2n) is 9.91. The number of allylic oxidation sites excluding steroid dienone is 5. The smallest absolute Gasteiger partial charge is 0.255 e. The highest BCUT2D eigenvalue weighted by molar-refractivity contribution is 6.34. The van der Waals surface area contributed by atoms with Crippen LogP contribution in [0.1, 0.15) is 60.0 Å². The maximum Gasteiger partial charge on any atom is 0.255 e. The summed E-state index contributed by atoms with van der Waals surface area (Å²) in [5.41, 5.74) is 3.90. The zero-order valence-corrected chi connectivity index (χ0v) is 20.1. The summed E-state index contributed by atoms with van der Waals surface area (Å²) in [5, 5.41) is 43.8. The quantitative estimate of drug-likeness (QED) is 0.387. The van der Waals surface area contributed by atoms with Crippen molar-refractivity contribution in [2.24, 2.45) is 17.6 Å². The number of nitrogens with two attached hydrogens (primary N) is 1. The van der Waals surface area contributed by atoms with Gasteiger partial charge in [0.25, 0.3) is 5.91 Å². The van der Waals surface area contributed by atoms with Crippen LogP contribution in [0, 0.1) is 11.8 Å². The van der Waals surface area contributed by atoms with E-state index in [1.165, 1.54) is 6.07 Å². The predicted molar refractivity (Wildman–Crippen MR) is 131 cm³/mol. The fourth-order valence-electron chi connectivity index (χ4n) is 6.06. The van der Waals surface area contributed by atoms with Crippen LogP contribution in [-0.2, 0) is 16.0 Å². The molecule has 0 heterocycles. The van der Waals surface area contributed by atoms with Gasteiger partial charge < -0.3 is 26.2 Å². The number of aromatic hydroxyl groups is 1. The second-order valence-corrected chi connectivity index (χ2v) is 10.3. The minimum absolute atomic E-state index is 0.0255. The number of carbonyl (C=O) groups excluding carboxylic acids is 3. The molecule has 0 saturated heterocycles. The fourth-order valence-corrected chi connectivity index (χ4v) is 6.35. The van der Waals surface area contributed by atoms with Crippen LogP contribution in [-0.4, -0.2) is 43.5 Å². The van der Waals surface area contributed by atoms with Crippen molar-refractivity contribution < 1.29 is 34.8 Å². The molecule has 1 amide bonds. The van der Waals surface area contributed by atoms with Crippen LogP contribution in [0.15, 0.2) is 51.5 Å². The standard InChI is InChI=1S/C27H26ClNO7/c28-17(12-4-2-1-3-5-12)10-13-6-7-18(30)21-16(13)9-14-8-15-11-19(31)22(26(29)35)25(34)27(15,36)24(33)20(14)23(21)32/h4,6-7,10,14-15,30-31,33,36H,1-3,5,8-9,11H2,(H2,29,35)/b17-10-/t14-,15+,27+/m1/s1. The zero-order valence-electron chi connectivity index (χ0n) is 19.4. The maximum atomic E-state index is 13.6. The number of hydrogen-bond donors (Lipinski definition) is 5. The highest BCUT2D eigenvalue weighted by Gasteiger charge is 2.59. The first-order chi connectivity index (χ1) is 17.1. The predicted octanol–water partition coefficient (Wildman–Crippen LogP) is 3.66. The van der Waals surface area contributed by atoms with Crippen molar-refractivity contribution in [2.75, 3.05) is 0 Å². The number of hydrogen-bond acceptors (Lipinski definition) is 7. The molecule has 1 aromatic rings. The van der Waals surface area contributed by atoms with E-state index in [1.807, 2.05) is 0 Å². The third-order valence-corrected chi connectivity index (χ3v) is 8.21. The number of phenols is 1. The first-order valence-electron chi connectivity index (χ1n) is 11.9. The number of aliphatic hydroxyl groups excluding tert-OH is 2. The van der Waals surface area contributed by atoms with Gasteiger partial charge in [0.2, 0.25) is 5.78 Å². The van der Waals surface area contributed by atoms with Gasteiger partial charge >= 0.3 is 0 Å². The van der Waals surface area contributed by atoms with E-state index in [0.29, 0.717) is 16.2 Å². The Morgan fingerprint density at radius 2 is 1.89 bits per heavy atom. The summed E-state index contributed by atoms with van der Waals surface area (Å²) in [6, 6.07) is 3.05. The highest BCUT2D eigenvalue weighted by atomic mass is 35.5. The first-order valence-corrected chi connectivity index (χ1v) is 12.3. The molecule has 0 spiro atoms. The normalized spacial score (nSPS) is 28.4. The van der Waals surface area contributed by atoms with Gasteiger partial charge in [0.15, 0.2) is 11.4 Å². The summed E-state index contributed by atoms with van der Waals surface area (Å²) >= 11 is 6.61. The minimum atomic E-state index is -2.57. The van der Waals surface area contributed by atoms with E-state index in [-0.39, 0.29) is 36.1 Å². The SMILES string of the molecule is NC(=O)C1=C(O)C[C@@H]2C[C@@H]3Cc4c(/C=C(\Cl)C5=CCCCC5)ccc(O)c4C(=O)C3=C(O)[C@]2(O)C1=O. The highest BCUT2D eigenvalue weighted by Crippen LogP contribution is 2.51. The van der Waals surface area contributed by atoms with E-state index in [0.717, 1.165) is 31.3 Å². The van der Waals surface area contributed by atoms with E-state index in [2.05, 4.69) is 6.08 Å². The maximum absolute atomic E-state index is 13.6. The molecular formula is C27H26ClNO7. The summed E-state index contributed by atoms with van der Waals surface area (Å²) in [7, 11) is 0. The number of benzene rings is 1. The number of fused-ring (bicyclic) bond motifs is 3. The number of rotatable bonds is 3. The van der Waals surface area contributed by atoms with Crippen molar-refractivity contribution >= 4 is 35.2 Å². The molecule has 0 radical (unpaired) electrons. The number of halogens is 1. The van der Waals surface area contributed by atoms with Crippen molar-refractivity contribution in [1.82, 2.24) is 0 Å². The molecule has 5 rings (SSSR count). The van der Waals surface area contributed by atoms with E-state index in [1.54, 1.807) is 12.1 Å². The van der Waals surface area contributed by atoms with Gasteiger partial charge in [0.05, 0.1) is 5.56 Å². The lowest BCUT2D eigenvalue weighted by Gasteiger charge is -2.45. The summed E-state index contributed by atoms with van der Waals surface area (Å²) < 4.78 is 0. The van der Waals surface area contributed by atoms with Gasteiger partial charge in [-0.15, -0.1) is 0 Å². The Bertz CT molecular complexity index is 1350. The summed E-state index contributed by atoms with van der Waals surface area (Å²) in [4.78, 5) is 38.4. The number of Topliss-reactive ketones (excluding diaryl/α,β-unsaturated/α-hetero) is 2. The molecule has 4 aliphatic carbocycles. The van der Waals surface area contributed by atoms with Crippen molar-refractivity contribution in [1.29, 1.82) is 0 Å². The molecule has 0 aliphatic heterocycles. The number of aliphatic hydroxyl groups is 3. The Balaban J connectivity index is 1.62. The van der Waals surface area contributed by atoms with Gasteiger partial charge in [-0.1, -0.05) is 23.7 Å². The first kappa shape index (κ1) is 24.3. The molecule has 3 atom stereocenters. The van der Waals surface area contributed by atoms with E-state index < -0.39 is 52.0 Å². The van der Waals surface area contributed by atoms with E-state index >= 15 is 0 Å². The lowest BCUT2D eigenvalue weighted by Crippen LogP contribution is -2.57. The molecule has 9 heteroatoms. The largest absolute Gasteiger partial charge is 0.511 e. The van der Waals surface area contributed by atoms with Gasteiger partial charge in [-0.3, -0.25) is 14.4 Å². The van der Waals surface area contributed by atoms with Gasteiger partial charge in [0, 0.05) is 22.9 Å². The van der Waals surface area contributed by atoms with Gasteiger partial charge in [-0.2, -0.15) is 0 Å². The van der Waals surface area contributed by atoms with Crippen molar-refractivity contribution in [3.8, 4) is 5.75 Å². The van der Waals surface area contributed by atoms with Crippen LogP contribution in [0.4, 0.5) is 0 Å². The van der Waals surface area contributed by atoms with Crippen LogP contribution in [0.2, 0.25) is 0 Å². The van der Waals surface area contributed by atoms with Crippen LogP contribution >= 0.6 is 11.6 Å². The van der Waals surface area contributed by atoms with E-state index in [9.17, 15) is 34.8 Å². The van der Waals surface area contributed by atoms with Gasteiger partial charge in [-0.25, -0.2) is 0 Å². The van der Waals surface area contributed by atoms with Crippen LogP contribution in [0.3, 0.4) is 0 Å². The fraction of sp³-hybridized carbons (Fsp3) is 0.370. The third kappa shape index (κ3) is 3.50. The van der Waals surface area contributed by atoms with Crippen LogP contribution < -0.4 is 5.73 Å². The monoisotopic (exact) mass is 511 g/mol. The molecule has 0 bridgehead atoms. The Morgan fingerprint density at radius 1 is 1.14 bits per heavy atom. The Kier molecular flexibility index (Phi) is 5.84. The van der Waals surface area contributed by atoms with Crippen molar-refractivity contribution in [3.05, 3.63) is 68.2 Å². The topological polar surface area (TPSA) is 158 Å². The Morgan fingerprint density at radius 3 is 2.56 bits per heavy atom. The molecule has 1 aromatic carbocycles. The molecule has 0 unspecified atom stereocenters.